The second kappa shape index (κ2) is 3.63. The van der Waals surface area contributed by atoms with E-state index < -0.39 is 0 Å². The quantitative estimate of drug-likeness (QED) is 0.686. The van der Waals surface area contributed by atoms with Crippen LogP contribution in [-0.4, -0.2) is 0 Å². The topological polar surface area (TPSA) is 23.8 Å². The normalized spacial score (nSPS) is 19.1. The Hall–Kier alpha value is -1.00. The van der Waals surface area contributed by atoms with Gasteiger partial charge >= 0.3 is 0 Å². The minimum absolute atomic E-state index is 0.307. The van der Waals surface area contributed by atoms with Gasteiger partial charge in [-0.1, -0.05) is 42.6 Å². The van der Waals surface area contributed by atoms with Gasteiger partial charge in [0.15, 0.2) is 0 Å². The number of benzene rings is 1. The summed E-state index contributed by atoms with van der Waals surface area (Å²) in [6.45, 7) is 0. The van der Waals surface area contributed by atoms with E-state index in [4.69, 9.17) is 11.6 Å². The fraction of sp³-hybridized carbons (Fsp3) is 0.417. The zero-order valence-electron chi connectivity index (χ0n) is 7.96. The lowest BCUT2D eigenvalue weighted by molar-refractivity contribution is 0.573. The van der Waals surface area contributed by atoms with Crippen LogP contribution in [0.25, 0.3) is 0 Å². The van der Waals surface area contributed by atoms with Crippen LogP contribution in [0.2, 0.25) is 5.02 Å². The van der Waals surface area contributed by atoms with Crippen LogP contribution >= 0.6 is 11.6 Å². The third kappa shape index (κ3) is 1.40. The fourth-order valence-corrected chi connectivity index (χ4v) is 2.59. The van der Waals surface area contributed by atoms with E-state index in [1.165, 1.54) is 0 Å². The van der Waals surface area contributed by atoms with Gasteiger partial charge in [-0.3, -0.25) is 0 Å². The molecule has 0 atom stereocenters. The van der Waals surface area contributed by atoms with E-state index in [0.717, 1.165) is 36.3 Å². The molecule has 1 aromatic rings. The second-order valence-corrected chi connectivity index (χ2v) is 4.29. The number of nitriles is 1. The van der Waals surface area contributed by atoms with Gasteiger partial charge in [-0.15, -0.1) is 0 Å². The Labute approximate surface area is 89.3 Å². The molecule has 72 valence electrons. The van der Waals surface area contributed by atoms with Gasteiger partial charge in [-0.25, -0.2) is 0 Å². The molecule has 0 radical (unpaired) electrons. The van der Waals surface area contributed by atoms with Crippen molar-refractivity contribution < 1.29 is 0 Å². The first-order valence-corrected chi connectivity index (χ1v) is 5.33. The third-order valence-electron chi connectivity index (χ3n) is 3.06. The number of nitrogens with zero attached hydrogens (tertiary/aromatic N) is 1. The molecule has 0 unspecified atom stereocenters. The molecule has 2 rings (SSSR count). The zero-order chi connectivity index (χ0) is 10.0. The van der Waals surface area contributed by atoms with Crippen LogP contribution in [0.5, 0.6) is 0 Å². The summed E-state index contributed by atoms with van der Waals surface area (Å²) in [5.74, 6) is 0. The number of hydrogen-bond donors (Lipinski definition) is 0. The van der Waals surface area contributed by atoms with E-state index in [1.54, 1.807) is 0 Å². The van der Waals surface area contributed by atoms with Gasteiger partial charge < -0.3 is 0 Å². The van der Waals surface area contributed by atoms with Crippen molar-refractivity contribution in [3.8, 4) is 6.07 Å². The van der Waals surface area contributed by atoms with E-state index in [1.807, 2.05) is 24.3 Å². The van der Waals surface area contributed by atoms with Crippen LogP contribution in [0.3, 0.4) is 0 Å². The molecule has 0 saturated heterocycles. The average Bonchev–Trinajstić information content (AvgIpc) is 2.68. The maximum Gasteiger partial charge on any atom is 0.0836 e. The highest BCUT2D eigenvalue weighted by molar-refractivity contribution is 6.31. The summed E-state index contributed by atoms with van der Waals surface area (Å²) >= 11 is 6.12. The highest BCUT2D eigenvalue weighted by Gasteiger charge is 2.36. The van der Waals surface area contributed by atoms with Crippen LogP contribution in [0.4, 0.5) is 0 Å². The molecule has 0 spiro atoms. The van der Waals surface area contributed by atoms with Crippen LogP contribution in [0.15, 0.2) is 24.3 Å². The molecule has 0 amide bonds. The minimum atomic E-state index is -0.307. The standard InChI is InChI=1S/C12H12ClN/c13-11-6-2-1-5-10(11)12(9-14)7-3-4-8-12/h1-2,5-6H,3-4,7-8H2. The van der Waals surface area contributed by atoms with Crippen LogP contribution in [0.1, 0.15) is 31.2 Å². The predicted molar refractivity (Wildman–Crippen MR) is 57.2 cm³/mol. The van der Waals surface area contributed by atoms with E-state index >= 15 is 0 Å². The maximum absolute atomic E-state index is 9.29. The Bertz CT molecular complexity index is 372. The molecule has 1 aliphatic carbocycles. The number of hydrogen-bond acceptors (Lipinski definition) is 1. The Morgan fingerprint density at radius 3 is 2.43 bits per heavy atom. The molecule has 0 aliphatic heterocycles. The van der Waals surface area contributed by atoms with Crippen molar-refractivity contribution in [2.75, 3.05) is 0 Å². The lowest BCUT2D eigenvalue weighted by Gasteiger charge is -2.21. The minimum Gasteiger partial charge on any atom is -0.197 e. The Morgan fingerprint density at radius 2 is 1.86 bits per heavy atom. The Kier molecular flexibility index (Phi) is 2.48. The summed E-state index contributed by atoms with van der Waals surface area (Å²) in [6, 6.07) is 10.2. The van der Waals surface area contributed by atoms with Gasteiger partial charge in [0.2, 0.25) is 0 Å². The monoisotopic (exact) mass is 205 g/mol. The molecule has 1 nitrogen and oxygen atoms in total. The Morgan fingerprint density at radius 1 is 1.21 bits per heavy atom. The van der Waals surface area contributed by atoms with Crippen molar-refractivity contribution in [1.29, 1.82) is 5.26 Å². The molecule has 1 aliphatic rings. The summed E-state index contributed by atoms with van der Waals surface area (Å²) in [5.41, 5.74) is 0.708. The molecule has 14 heavy (non-hydrogen) atoms. The van der Waals surface area contributed by atoms with Crippen molar-refractivity contribution in [2.24, 2.45) is 0 Å². The van der Waals surface area contributed by atoms with Crippen molar-refractivity contribution in [3.05, 3.63) is 34.9 Å². The first-order valence-electron chi connectivity index (χ1n) is 4.95. The van der Waals surface area contributed by atoms with Gasteiger partial charge in [0.25, 0.3) is 0 Å². The molecular weight excluding hydrogens is 194 g/mol. The van der Waals surface area contributed by atoms with Gasteiger partial charge in [0.1, 0.15) is 0 Å². The Balaban J connectivity index is 2.47. The fourth-order valence-electron chi connectivity index (χ4n) is 2.27. The van der Waals surface area contributed by atoms with Crippen LogP contribution < -0.4 is 0 Å². The van der Waals surface area contributed by atoms with Gasteiger partial charge in [-0.05, 0) is 24.5 Å². The van der Waals surface area contributed by atoms with Crippen molar-refractivity contribution in [3.63, 3.8) is 0 Å². The first-order chi connectivity index (χ1) is 6.78. The molecular formula is C12H12ClN. The molecule has 1 fully saturated rings. The van der Waals surface area contributed by atoms with Gasteiger partial charge in [-0.2, -0.15) is 5.26 Å². The summed E-state index contributed by atoms with van der Waals surface area (Å²) in [4.78, 5) is 0. The van der Waals surface area contributed by atoms with E-state index in [2.05, 4.69) is 6.07 Å². The lowest BCUT2D eigenvalue weighted by Crippen LogP contribution is -2.19. The number of halogens is 1. The highest BCUT2D eigenvalue weighted by Crippen LogP contribution is 2.42. The summed E-state index contributed by atoms with van der Waals surface area (Å²) in [7, 11) is 0. The van der Waals surface area contributed by atoms with Crippen molar-refractivity contribution >= 4 is 11.6 Å². The van der Waals surface area contributed by atoms with E-state index in [0.29, 0.717) is 0 Å². The third-order valence-corrected chi connectivity index (χ3v) is 3.39. The van der Waals surface area contributed by atoms with Gasteiger partial charge in [0, 0.05) is 5.02 Å². The molecule has 1 aromatic carbocycles. The molecule has 2 heteroatoms. The zero-order valence-corrected chi connectivity index (χ0v) is 8.72. The summed E-state index contributed by atoms with van der Waals surface area (Å²) in [5, 5.41) is 10.0. The second-order valence-electron chi connectivity index (χ2n) is 3.88. The van der Waals surface area contributed by atoms with E-state index in [9.17, 15) is 5.26 Å². The summed E-state index contributed by atoms with van der Waals surface area (Å²) < 4.78 is 0. The molecule has 0 bridgehead atoms. The summed E-state index contributed by atoms with van der Waals surface area (Å²) in [6.07, 6.45) is 4.18. The smallest absolute Gasteiger partial charge is 0.0836 e. The highest BCUT2D eigenvalue weighted by atomic mass is 35.5. The van der Waals surface area contributed by atoms with Crippen molar-refractivity contribution in [2.45, 2.75) is 31.1 Å². The van der Waals surface area contributed by atoms with Crippen LogP contribution in [0, 0.1) is 11.3 Å². The first kappa shape index (κ1) is 9.55. The number of rotatable bonds is 1. The maximum atomic E-state index is 9.29. The van der Waals surface area contributed by atoms with E-state index in [-0.39, 0.29) is 5.41 Å². The lowest BCUT2D eigenvalue weighted by atomic mass is 9.80. The SMILES string of the molecule is N#CC1(c2ccccc2Cl)CCCC1. The molecule has 0 heterocycles. The van der Waals surface area contributed by atoms with Gasteiger partial charge in [0.05, 0.1) is 11.5 Å². The molecule has 0 N–H and O–H groups in total. The largest absolute Gasteiger partial charge is 0.197 e. The van der Waals surface area contributed by atoms with Crippen LogP contribution in [-0.2, 0) is 5.41 Å². The predicted octanol–water partition coefficient (Wildman–Crippen LogP) is 3.68. The van der Waals surface area contributed by atoms with Crippen molar-refractivity contribution in [1.82, 2.24) is 0 Å². The molecule has 0 aromatic heterocycles. The molecule has 1 saturated carbocycles. The average molecular weight is 206 g/mol.